The van der Waals surface area contributed by atoms with Crippen LogP contribution in [0.3, 0.4) is 0 Å². The first-order chi connectivity index (χ1) is 9.12. The number of hydrogen-bond donors (Lipinski definition) is 0. The first kappa shape index (κ1) is 15.3. The molecule has 2 rings (SSSR count). The summed E-state index contributed by atoms with van der Waals surface area (Å²) >= 11 is 9.10. The van der Waals surface area contributed by atoms with E-state index in [1.165, 1.54) is 0 Å². The number of nitrogens with zero attached hydrogens (tertiary/aromatic N) is 1. The van der Waals surface area contributed by atoms with Gasteiger partial charge >= 0.3 is 15.6 Å². The molecule has 0 amide bonds. The van der Waals surface area contributed by atoms with E-state index in [1.54, 1.807) is 12.1 Å². The lowest BCUT2D eigenvalue weighted by molar-refractivity contribution is -0.0501. The van der Waals surface area contributed by atoms with Crippen molar-refractivity contribution in [2.75, 3.05) is 0 Å². The third-order valence-electron chi connectivity index (χ3n) is 2.24. The second-order valence-electron chi connectivity index (χ2n) is 3.59. The van der Waals surface area contributed by atoms with Crippen LogP contribution in [0.4, 0.5) is 13.2 Å². The van der Waals surface area contributed by atoms with Crippen molar-refractivity contribution in [2.45, 2.75) is 5.51 Å². The Bertz CT molecular complexity index is 779. The second-order valence-corrected chi connectivity index (χ2v) is 6.36. The summed E-state index contributed by atoms with van der Waals surface area (Å²) in [5.41, 5.74) is -5.52. The minimum absolute atomic E-state index is 0.208. The van der Waals surface area contributed by atoms with Crippen LogP contribution in [0.1, 0.15) is 0 Å². The van der Waals surface area contributed by atoms with Crippen LogP contribution in [0.25, 0.3) is 10.8 Å². The van der Waals surface area contributed by atoms with Crippen molar-refractivity contribution in [1.29, 1.82) is 0 Å². The summed E-state index contributed by atoms with van der Waals surface area (Å²) < 4.78 is 62.8. The van der Waals surface area contributed by atoms with Gasteiger partial charge in [0.1, 0.15) is 0 Å². The molecular weight excluding hydrogens is 387 g/mol. The largest absolute Gasteiger partial charge is 0.534 e. The zero-order valence-electron chi connectivity index (χ0n) is 9.28. The molecule has 0 saturated carbocycles. The summed E-state index contributed by atoms with van der Waals surface area (Å²) in [6.07, 6.45) is 1.16. The molecule has 1 heterocycles. The van der Waals surface area contributed by atoms with Crippen LogP contribution in [0.2, 0.25) is 5.02 Å². The maximum absolute atomic E-state index is 12.2. The molecule has 0 N–H and O–H groups in total. The van der Waals surface area contributed by atoms with E-state index in [0.717, 1.165) is 12.3 Å². The maximum Gasteiger partial charge on any atom is 0.534 e. The smallest absolute Gasteiger partial charge is 0.355 e. The molecule has 0 atom stereocenters. The Labute approximate surface area is 124 Å². The van der Waals surface area contributed by atoms with Crippen molar-refractivity contribution in [3.63, 3.8) is 0 Å². The summed E-state index contributed by atoms with van der Waals surface area (Å²) in [7, 11) is -5.76. The standard InChI is InChI=1S/C10H4BrClF3NO3S/c11-7-2-1-5-4-16-8(3-6(5)9(7)12)19-20(17,18)10(13,14)15/h1-4H. The molecule has 0 aliphatic rings. The van der Waals surface area contributed by atoms with Gasteiger partial charge < -0.3 is 4.18 Å². The Kier molecular flexibility index (Phi) is 3.87. The van der Waals surface area contributed by atoms with E-state index in [0.29, 0.717) is 15.2 Å². The van der Waals surface area contributed by atoms with E-state index in [9.17, 15) is 21.6 Å². The van der Waals surface area contributed by atoms with E-state index in [-0.39, 0.29) is 5.02 Å². The number of halogens is 5. The fraction of sp³-hybridized carbons (Fsp3) is 0.100. The Hall–Kier alpha value is -1.06. The van der Waals surface area contributed by atoms with Crippen LogP contribution < -0.4 is 4.18 Å². The lowest BCUT2D eigenvalue weighted by atomic mass is 10.2. The number of fused-ring (bicyclic) bond motifs is 1. The van der Waals surface area contributed by atoms with E-state index in [4.69, 9.17) is 11.6 Å². The van der Waals surface area contributed by atoms with Crippen molar-refractivity contribution in [3.8, 4) is 5.88 Å². The molecule has 0 aliphatic heterocycles. The molecule has 0 fully saturated rings. The van der Waals surface area contributed by atoms with Crippen LogP contribution in [0.15, 0.2) is 28.9 Å². The number of alkyl halides is 3. The van der Waals surface area contributed by atoms with Gasteiger partial charge in [0.05, 0.1) is 5.02 Å². The fourth-order valence-electron chi connectivity index (χ4n) is 1.34. The zero-order chi connectivity index (χ0) is 15.1. The molecule has 20 heavy (non-hydrogen) atoms. The SMILES string of the molecule is O=S(=O)(Oc1cc2c(Cl)c(Br)ccc2cn1)C(F)(F)F. The van der Waals surface area contributed by atoms with Gasteiger partial charge in [0.15, 0.2) is 0 Å². The van der Waals surface area contributed by atoms with Crippen molar-refractivity contribution in [3.05, 3.63) is 33.9 Å². The van der Waals surface area contributed by atoms with Crippen molar-refractivity contribution in [1.82, 2.24) is 4.98 Å². The Morgan fingerprint density at radius 2 is 1.95 bits per heavy atom. The predicted octanol–water partition coefficient (Wildman–Crippen LogP) is 3.88. The molecule has 4 nitrogen and oxygen atoms in total. The molecule has 0 spiro atoms. The normalized spacial score (nSPS) is 12.7. The molecule has 1 aromatic carbocycles. The van der Waals surface area contributed by atoms with Crippen LogP contribution in [-0.4, -0.2) is 18.9 Å². The highest BCUT2D eigenvalue weighted by Gasteiger charge is 2.48. The number of aromatic nitrogens is 1. The van der Waals surface area contributed by atoms with Gasteiger partial charge in [-0.3, -0.25) is 0 Å². The molecule has 0 saturated heterocycles. The Morgan fingerprint density at radius 3 is 2.55 bits per heavy atom. The first-order valence-electron chi connectivity index (χ1n) is 4.86. The average molecular weight is 391 g/mol. The fourth-order valence-corrected chi connectivity index (χ4v) is 2.32. The maximum atomic E-state index is 12.2. The van der Waals surface area contributed by atoms with Crippen molar-refractivity contribution < 1.29 is 25.8 Å². The van der Waals surface area contributed by atoms with Crippen LogP contribution in [-0.2, 0) is 10.1 Å². The van der Waals surface area contributed by atoms with Gasteiger partial charge in [-0.1, -0.05) is 17.7 Å². The van der Waals surface area contributed by atoms with Crippen molar-refractivity contribution >= 4 is 48.4 Å². The van der Waals surface area contributed by atoms with Gasteiger partial charge in [-0.25, -0.2) is 4.98 Å². The lowest BCUT2D eigenvalue weighted by Gasteiger charge is -2.09. The Balaban J connectivity index is 2.51. The number of hydrogen-bond acceptors (Lipinski definition) is 4. The summed E-state index contributed by atoms with van der Waals surface area (Å²) in [6.45, 7) is 0. The number of rotatable bonds is 2. The average Bonchev–Trinajstić information content (AvgIpc) is 2.32. The van der Waals surface area contributed by atoms with Gasteiger partial charge in [-0.2, -0.15) is 21.6 Å². The van der Waals surface area contributed by atoms with Gasteiger partial charge in [0.2, 0.25) is 5.88 Å². The second kappa shape index (κ2) is 5.05. The predicted molar refractivity (Wildman–Crippen MR) is 70.1 cm³/mol. The first-order valence-corrected chi connectivity index (χ1v) is 7.44. The van der Waals surface area contributed by atoms with E-state index in [2.05, 4.69) is 25.1 Å². The van der Waals surface area contributed by atoms with E-state index in [1.807, 2.05) is 0 Å². The minimum atomic E-state index is -5.76. The molecule has 1 aromatic heterocycles. The summed E-state index contributed by atoms with van der Waals surface area (Å²) in [5.74, 6) is -0.713. The van der Waals surface area contributed by atoms with Crippen LogP contribution in [0.5, 0.6) is 5.88 Å². The summed E-state index contributed by atoms with van der Waals surface area (Å²) in [6, 6.07) is 4.26. The van der Waals surface area contributed by atoms with E-state index < -0.39 is 21.5 Å². The molecule has 0 radical (unpaired) electrons. The molecule has 108 valence electrons. The van der Waals surface area contributed by atoms with E-state index >= 15 is 0 Å². The topological polar surface area (TPSA) is 56.3 Å². The van der Waals surface area contributed by atoms with Gasteiger partial charge in [-0.05, 0) is 22.0 Å². The molecule has 0 unspecified atom stereocenters. The number of benzene rings is 1. The molecule has 0 bridgehead atoms. The highest BCUT2D eigenvalue weighted by molar-refractivity contribution is 9.10. The van der Waals surface area contributed by atoms with Crippen LogP contribution in [0, 0.1) is 0 Å². The number of pyridine rings is 1. The van der Waals surface area contributed by atoms with Crippen LogP contribution >= 0.6 is 27.5 Å². The van der Waals surface area contributed by atoms with Gasteiger partial charge in [0.25, 0.3) is 0 Å². The third-order valence-corrected chi connectivity index (χ3v) is 4.50. The minimum Gasteiger partial charge on any atom is -0.355 e. The summed E-state index contributed by atoms with van der Waals surface area (Å²) in [4.78, 5) is 3.50. The Morgan fingerprint density at radius 1 is 1.30 bits per heavy atom. The lowest BCUT2D eigenvalue weighted by Crippen LogP contribution is -2.28. The van der Waals surface area contributed by atoms with Gasteiger partial charge in [-0.15, -0.1) is 0 Å². The van der Waals surface area contributed by atoms with Crippen molar-refractivity contribution in [2.24, 2.45) is 0 Å². The summed E-state index contributed by atoms with van der Waals surface area (Å²) in [5, 5.41) is 1.04. The highest BCUT2D eigenvalue weighted by atomic mass is 79.9. The van der Waals surface area contributed by atoms with Gasteiger partial charge in [0, 0.05) is 27.5 Å². The highest BCUT2D eigenvalue weighted by Crippen LogP contribution is 2.33. The molecular formula is C10H4BrClF3NO3S. The molecule has 2 aromatic rings. The zero-order valence-corrected chi connectivity index (χ0v) is 12.4. The molecule has 0 aliphatic carbocycles. The molecule has 10 heteroatoms. The third kappa shape index (κ3) is 2.84. The monoisotopic (exact) mass is 389 g/mol. The quantitative estimate of drug-likeness (QED) is 0.577.